The Hall–Kier alpha value is -5.13. The molecule has 0 aliphatic carbocycles. The zero-order chi connectivity index (χ0) is 26.5. The van der Waals surface area contributed by atoms with E-state index >= 15 is 0 Å². The molecular formula is C35H22N4S. The van der Waals surface area contributed by atoms with Crippen molar-refractivity contribution in [3.8, 4) is 39.9 Å². The highest BCUT2D eigenvalue weighted by Crippen LogP contribution is 2.36. The Bertz CT molecular complexity index is 2090. The molecule has 3 heterocycles. The average Bonchev–Trinajstić information content (AvgIpc) is 3.62. The highest BCUT2D eigenvalue weighted by Gasteiger charge is 2.15. The van der Waals surface area contributed by atoms with Gasteiger partial charge in [0.1, 0.15) is 0 Å². The van der Waals surface area contributed by atoms with E-state index in [1.165, 1.54) is 31.9 Å². The standard InChI is InChI=1S/C35H22N4S/c1-3-9-23(10-4-1)33-36-34(24-11-5-2-6-12-24)38-35(37-33)25-15-17-27(18-16-25)39-30-14-8-7-13-28(30)29-21-26-19-20-40-32(26)22-31(29)39/h1-22H. The van der Waals surface area contributed by atoms with Crippen molar-refractivity contribution in [1.29, 1.82) is 0 Å². The van der Waals surface area contributed by atoms with Crippen LogP contribution in [0, 0.1) is 0 Å². The van der Waals surface area contributed by atoms with Crippen molar-refractivity contribution in [2.45, 2.75) is 0 Å². The Labute approximate surface area is 234 Å². The normalized spacial score (nSPS) is 11.5. The molecule has 0 radical (unpaired) electrons. The first-order valence-corrected chi connectivity index (χ1v) is 14.1. The summed E-state index contributed by atoms with van der Waals surface area (Å²) in [7, 11) is 0. The van der Waals surface area contributed by atoms with Crippen LogP contribution in [-0.4, -0.2) is 19.5 Å². The molecule has 0 bridgehead atoms. The molecule has 0 aliphatic heterocycles. The number of thiophene rings is 1. The smallest absolute Gasteiger partial charge is 0.164 e. The largest absolute Gasteiger partial charge is 0.309 e. The third-order valence-electron chi connectivity index (χ3n) is 7.33. The van der Waals surface area contributed by atoms with Gasteiger partial charge in [-0.05, 0) is 59.3 Å². The number of benzene rings is 5. The molecule has 0 saturated heterocycles. The van der Waals surface area contributed by atoms with Gasteiger partial charge >= 0.3 is 0 Å². The minimum atomic E-state index is 0.654. The van der Waals surface area contributed by atoms with Crippen LogP contribution in [0.2, 0.25) is 0 Å². The van der Waals surface area contributed by atoms with E-state index < -0.39 is 0 Å². The van der Waals surface area contributed by atoms with Crippen LogP contribution >= 0.6 is 11.3 Å². The van der Waals surface area contributed by atoms with Crippen LogP contribution in [0.5, 0.6) is 0 Å². The summed E-state index contributed by atoms with van der Waals surface area (Å²) in [6.45, 7) is 0. The van der Waals surface area contributed by atoms with Crippen LogP contribution in [0.15, 0.2) is 133 Å². The fraction of sp³-hybridized carbons (Fsp3) is 0. The maximum absolute atomic E-state index is 4.89. The number of para-hydroxylation sites is 1. The van der Waals surface area contributed by atoms with Gasteiger partial charge in [0.25, 0.3) is 0 Å². The van der Waals surface area contributed by atoms with Gasteiger partial charge in [-0.2, -0.15) is 0 Å². The number of aromatic nitrogens is 4. The summed E-state index contributed by atoms with van der Waals surface area (Å²) < 4.78 is 3.64. The zero-order valence-corrected chi connectivity index (χ0v) is 22.2. The summed E-state index contributed by atoms with van der Waals surface area (Å²) in [5.74, 6) is 1.98. The third-order valence-corrected chi connectivity index (χ3v) is 8.21. The first-order valence-electron chi connectivity index (χ1n) is 13.2. The van der Waals surface area contributed by atoms with Gasteiger partial charge in [0.05, 0.1) is 11.0 Å². The van der Waals surface area contributed by atoms with Crippen molar-refractivity contribution in [1.82, 2.24) is 19.5 Å². The Morgan fingerprint density at radius 2 is 1.05 bits per heavy atom. The van der Waals surface area contributed by atoms with Crippen molar-refractivity contribution in [2.24, 2.45) is 0 Å². The van der Waals surface area contributed by atoms with Crippen LogP contribution < -0.4 is 0 Å². The molecule has 40 heavy (non-hydrogen) atoms. The van der Waals surface area contributed by atoms with Gasteiger partial charge in [-0.1, -0.05) is 78.9 Å². The van der Waals surface area contributed by atoms with Gasteiger partial charge in [0.2, 0.25) is 0 Å². The second kappa shape index (κ2) is 9.26. The van der Waals surface area contributed by atoms with Crippen molar-refractivity contribution in [3.05, 3.63) is 133 Å². The molecule has 0 N–H and O–H groups in total. The summed E-state index contributed by atoms with van der Waals surface area (Å²) in [5.41, 5.74) is 6.38. The lowest BCUT2D eigenvalue weighted by atomic mass is 10.1. The SMILES string of the molecule is c1ccc(-c2nc(-c3ccccc3)nc(-c3ccc(-n4c5ccccc5c5cc6ccsc6cc54)cc3)n2)cc1. The first kappa shape index (κ1) is 22.8. The van der Waals surface area contributed by atoms with Gasteiger partial charge in [-0.25, -0.2) is 15.0 Å². The van der Waals surface area contributed by atoms with Crippen LogP contribution in [0.25, 0.3) is 71.7 Å². The number of rotatable bonds is 4. The van der Waals surface area contributed by atoms with Gasteiger partial charge in [0, 0.05) is 37.9 Å². The van der Waals surface area contributed by atoms with E-state index in [0.717, 1.165) is 22.4 Å². The molecular weight excluding hydrogens is 508 g/mol. The zero-order valence-electron chi connectivity index (χ0n) is 21.4. The molecule has 0 aliphatic rings. The lowest BCUT2D eigenvalue weighted by Crippen LogP contribution is -2.00. The molecule has 5 aromatic carbocycles. The fourth-order valence-electron chi connectivity index (χ4n) is 5.40. The van der Waals surface area contributed by atoms with E-state index in [0.29, 0.717) is 17.5 Å². The Kier molecular flexibility index (Phi) is 5.28. The summed E-state index contributed by atoms with van der Waals surface area (Å²) in [4.78, 5) is 14.6. The minimum Gasteiger partial charge on any atom is -0.309 e. The second-order valence-electron chi connectivity index (χ2n) is 9.77. The summed E-state index contributed by atoms with van der Waals surface area (Å²) >= 11 is 1.78. The molecule has 8 rings (SSSR count). The highest BCUT2D eigenvalue weighted by atomic mass is 32.1. The maximum atomic E-state index is 4.89. The van der Waals surface area contributed by atoms with E-state index in [4.69, 9.17) is 15.0 Å². The second-order valence-corrected chi connectivity index (χ2v) is 10.7. The summed E-state index contributed by atoms with van der Waals surface area (Å²) in [6, 6.07) is 44.1. The minimum absolute atomic E-state index is 0.654. The number of fused-ring (bicyclic) bond motifs is 4. The number of hydrogen-bond donors (Lipinski definition) is 0. The predicted octanol–water partition coefficient (Wildman–Crippen LogP) is 9.18. The molecule has 4 nitrogen and oxygen atoms in total. The third kappa shape index (κ3) is 3.79. The molecule has 0 fully saturated rings. The van der Waals surface area contributed by atoms with E-state index in [9.17, 15) is 0 Å². The van der Waals surface area contributed by atoms with Crippen molar-refractivity contribution in [2.75, 3.05) is 0 Å². The van der Waals surface area contributed by atoms with E-state index in [2.05, 4.69) is 76.7 Å². The van der Waals surface area contributed by atoms with Crippen molar-refractivity contribution < 1.29 is 0 Å². The molecule has 0 amide bonds. The van der Waals surface area contributed by atoms with Crippen molar-refractivity contribution in [3.63, 3.8) is 0 Å². The van der Waals surface area contributed by atoms with Gasteiger partial charge < -0.3 is 4.57 Å². The highest BCUT2D eigenvalue weighted by molar-refractivity contribution is 7.17. The summed E-state index contributed by atoms with van der Waals surface area (Å²) in [6.07, 6.45) is 0. The Morgan fingerprint density at radius 1 is 0.475 bits per heavy atom. The van der Waals surface area contributed by atoms with Crippen molar-refractivity contribution >= 4 is 43.2 Å². The van der Waals surface area contributed by atoms with Gasteiger partial charge in [-0.3, -0.25) is 0 Å². The molecule has 0 unspecified atom stereocenters. The number of nitrogens with zero attached hydrogens (tertiary/aromatic N) is 4. The Morgan fingerprint density at radius 3 is 1.70 bits per heavy atom. The van der Waals surface area contributed by atoms with Gasteiger partial charge in [-0.15, -0.1) is 11.3 Å². The van der Waals surface area contributed by atoms with Crippen LogP contribution in [0.1, 0.15) is 0 Å². The maximum Gasteiger partial charge on any atom is 0.164 e. The number of hydrogen-bond acceptors (Lipinski definition) is 4. The average molecular weight is 531 g/mol. The molecule has 0 atom stereocenters. The Balaban J connectivity index is 1.28. The van der Waals surface area contributed by atoms with Crippen LogP contribution in [-0.2, 0) is 0 Å². The predicted molar refractivity (Wildman–Crippen MR) is 166 cm³/mol. The fourth-order valence-corrected chi connectivity index (χ4v) is 6.21. The quantitative estimate of drug-likeness (QED) is 0.228. The molecule has 0 spiro atoms. The van der Waals surface area contributed by atoms with Gasteiger partial charge in [0.15, 0.2) is 17.5 Å². The lowest BCUT2D eigenvalue weighted by Gasteiger charge is -2.11. The molecule has 5 heteroatoms. The van der Waals surface area contributed by atoms with Crippen LogP contribution in [0.3, 0.4) is 0 Å². The molecule has 8 aromatic rings. The molecule has 188 valence electrons. The first-order chi connectivity index (χ1) is 19.8. The molecule has 0 saturated carbocycles. The van der Waals surface area contributed by atoms with E-state index in [1.807, 2.05) is 60.7 Å². The van der Waals surface area contributed by atoms with E-state index in [-0.39, 0.29) is 0 Å². The van der Waals surface area contributed by atoms with Crippen LogP contribution in [0.4, 0.5) is 0 Å². The monoisotopic (exact) mass is 530 g/mol. The summed E-state index contributed by atoms with van der Waals surface area (Å²) in [5, 5.41) is 5.97. The lowest BCUT2D eigenvalue weighted by molar-refractivity contribution is 1.07. The molecule has 3 aromatic heterocycles. The topological polar surface area (TPSA) is 43.6 Å². The van der Waals surface area contributed by atoms with E-state index in [1.54, 1.807) is 11.3 Å².